The lowest BCUT2D eigenvalue weighted by Crippen LogP contribution is -2.26. The number of anilines is 1. The van der Waals surface area contributed by atoms with Crippen LogP contribution in [0.15, 0.2) is 71.9 Å². The standard InChI is InChI=1S/C21H22N4O5S/c1-16(26)24-18-5-9-20(10-6-18)31(28,29)23-13-11-21(27)30-15-17-3-7-19(8-4-17)25-14-2-12-22-25/h2-10,12,14,23H,11,13,15H2,1H3,(H,24,26). The predicted octanol–water partition coefficient (Wildman–Crippen LogP) is 2.24. The molecule has 2 N–H and O–H groups in total. The molecule has 0 unspecified atom stereocenters. The fourth-order valence-electron chi connectivity index (χ4n) is 2.69. The van der Waals surface area contributed by atoms with E-state index in [-0.39, 0.29) is 30.4 Å². The largest absolute Gasteiger partial charge is 0.461 e. The van der Waals surface area contributed by atoms with Crippen LogP contribution in [0.4, 0.5) is 5.69 Å². The minimum atomic E-state index is -3.77. The highest BCUT2D eigenvalue weighted by molar-refractivity contribution is 7.89. The molecule has 0 saturated carbocycles. The summed E-state index contributed by atoms with van der Waals surface area (Å²) in [6.45, 7) is 1.37. The molecule has 9 nitrogen and oxygen atoms in total. The summed E-state index contributed by atoms with van der Waals surface area (Å²) in [5.74, 6) is -0.763. The molecule has 0 radical (unpaired) electrons. The number of esters is 1. The average molecular weight is 442 g/mol. The fourth-order valence-corrected chi connectivity index (χ4v) is 3.73. The van der Waals surface area contributed by atoms with Crippen molar-refractivity contribution in [3.05, 3.63) is 72.6 Å². The third-order valence-corrected chi connectivity index (χ3v) is 5.69. The third-order valence-electron chi connectivity index (χ3n) is 4.21. The Bertz CT molecular complexity index is 1130. The molecule has 1 amide bonds. The summed E-state index contributed by atoms with van der Waals surface area (Å²) >= 11 is 0. The van der Waals surface area contributed by atoms with Crippen LogP contribution in [-0.2, 0) is 31.0 Å². The van der Waals surface area contributed by atoms with Gasteiger partial charge in [0.15, 0.2) is 0 Å². The molecule has 0 aliphatic carbocycles. The van der Waals surface area contributed by atoms with Crippen LogP contribution in [0, 0.1) is 0 Å². The molecule has 1 heterocycles. The van der Waals surface area contributed by atoms with E-state index in [4.69, 9.17) is 4.74 Å². The number of ether oxygens (including phenoxy) is 1. The van der Waals surface area contributed by atoms with Crippen LogP contribution in [0.25, 0.3) is 5.69 Å². The molecule has 0 spiro atoms. The monoisotopic (exact) mass is 442 g/mol. The number of amides is 1. The number of benzene rings is 2. The molecule has 0 aliphatic rings. The highest BCUT2D eigenvalue weighted by Gasteiger charge is 2.14. The minimum Gasteiger partial charge on any atom is -0.461 e. The van der Waals surface area contributed by atoms with Crippen LogP contribution in [-0.4, -0.2) is 36.6 Å². The van der Waals surface area contributed by atoms with Gasteiger partial charge < -0.3 is 10.1 Å². The topological polar surface area (TPSA) is 119 Å². The maximum Gasteiger partial charge on any atom is 0.307 e. The van der Waals surface area contributed by atoms with Crippen LogP contribution in [0.3, 0.4) is 0 Å². The zero-order chi connectivity index (χ0) is 22.3. The second-order valence-corrected chi connectivity index (χ2v) is 8.40. The van der Waals surface area contributed by atoms with E-state index in [0.717, 1.165) is 11.3 Å². The number of carbonyl (C=O) groups is 2. The SMILES string of the molecule is CC(=O)Nc1ccc(S(=O)(=O)NCCC(=O)OCc2ccc(-n3cccn3)cc2)cc1. The molecule has 0 atom stereocenters. The first-order chi connectivity index (χ1) is 14.8. The van der Waals surface area contributed by atoms with Gasteiger partial charge >= 0.3 is 5.97 Å². The van der Waals surface area contributed by atoms with E-state index in [9.17, 15) is 18.0 Å². The average Bonchev–Trinajstić information content (AvgIpc) is 3.27. The summed E-state index contributed by atoms with van der Waals surface area (Å²) in [7, 11) is -3.77. The Morgan fingerprint density at radius 1 is 1.06 bits per heavy atom. The first kappa shape index (κ1) is 22.2. The van der Waals surface area contributed by atoms with E-state index in [1.54, 1.807) is 10.9 Å². The Labute approximate surface area is 180 Å². The lowest BCUT2D eigenvalue weighted by atomic mass is 10.2. The summed E-state index contributed by atoms with van der Waals surface area (Å²) in [5.41, 5.74) is 2.19. The second kappa shape index (κ2) is 10.0. The highest BCUT2D eigenvalue weighted by Crippen LogP contribution is 2.14. The van der Waals surface area contributed by atoms with Crippen molar-refractivity contribution in [1.29, 1.82) is 0 Å². The van der Waals surface area contributed by atoms with Gasteiger partial charge in [0, 0.05) is 31.5 Å². The van der Waals surface area contributed by atoms with Crippen LogP contribution in [0.2, 0.25) is 0 Å². The van der Waals surface area contributed by atoms with E-state index in [0.29, 0.717) is 5.69 Å². The van der Waals surface area contributed by atoms with E-state index in [1.807, 2.05) is 36.5 Å². The Balaban J connectivity index is 1.43. The van der Waals surface area contributed by atoms with E-state index in [1.165, 1.54) is 31.2 Å². The van der Waals surface area contributed by atoms with Gasteiger partial charge in [-0.05, 0) is 48.0 Å². The molecule has 10 heteroatoms. The van der Waals surface area contributed by atoms with E-state index < -0.39 is 16.0 Å². The number of sulfonamides is 1. The Morgan fingerprint density at radius 2 is 1.77 bits per heavy atom. The number of carbonyl (C=O) groups excluding carboxylic acids is 2. The van der Waals surface area contributed by atoms with Gasteiger partial charge in [-0.2, -0.15) is 5.10 Å². The Hall–Kier alpha value is -3.50. The van der Waals surface area contributed by atoms with Crippen molar-refractivity contribution < 1.29 is 22.7 Å². The number of aromatic nitrogens is 2. The van der Waals surface area contributed by atoms with Gasteiger partial charge in [-0.25, -0.2) is 17.8 Å². The molecule has 1 aromatic heterocycles. The summed E-state index contributed by atoms with van der Waals surface area (Å²) < 4.78 is 33.9. The number of nitrogens with zero attached hydrogens (tertiary/aromatic N) is 2. The minimum absolute atomic E-state index is 0.0345. The molecule has 162 valence electrons. The van der Waals surface area contributed by atoms with Crippen molar-refractivity contribution in [1.82, 2.24) is 14.5 Å². The smallest absolute Gasteiger partial charge is 0.307 e. The van der Waals surface area contributed by atoms with Crippen molar-refractivity contribution in [3.8, 4) is 5.69 Å². The molecule has 2 aromatic carbocycles. The van der Waals surface area contributed by atoms with E-state index >= 15 is 0 Å². The zero-order valence-corrected chi connectivity index (χ0v) is 17.6. The van der Waals surface area contributed by atoms with Crippen LogP contribution >= 0.6 is 0 Å². The van der Waals surface area contributed by atoms with Gasteiger partial charge in [-0.1, -0.05) is 12.1 Å². The lowest BCUT2D eigenvalue weighted by Gasteiger charge is -2.09. The number of rotatable bonds is 9. The molecule has 0 saturated heterocycles. The first-order valence-electron chi connectivity index (χ1n) is 9.45. The van der Waals surface area contributed by atoms with Crippen molar-refractivity contribution >= 4 is 27.6 Å². The van der Waals surface area contributed by atoms with Crippen LogP contribution in [0.1, 0.15) is 18.9 Å². The van der Waals surface area contributed by atoms with Gasteiger partial charge in [0.2, 0.25) is 15.9 Å². The second-order valence-electron chi connectivity index (χ2n) is 6.63. The maximum atomic E-state index is 12.3. The summed E-state index contributed by atoms with van der Waals surface area (Å²) in [5, 5.41) is 6.70. The molecular formula is C21H22N4O5S. The molecule has 3 aromatic rings. The number of nitrogens with one attached hydrogen (secondary N) is 2. The van der Waals surface area contributed by atoms with Crippen molar-refractivity contribution in [3.63, 3.8) is 0 Å². The van der Waals surface area contributed by atoms with E-state index in [2.05, 4.69) is 15.1 Å². The maximum absolute atomic E-state index is 12.3. The predicted molar refractivity (Wildman–Crippen MR) is 114 cm³/mol. The van der Waals surface area contributed by atoms with Gasteiger partial charge in [0.1, 0.15) is 6.61 Å². The summed E-state index contributed by atoms with van der Waals surface area (Å²) in [6.07, 6.45) is 3.41. The van der Waals surface area contributed by atoms with Gasteiger partial charge in [-0.15, -0.1) is 0 Å². The zero-order valence-electron chi connectivity index (χ0n) is 16.8. The molecule has 0 bridgehead atoms. The molecule has 3 rings (SSSR count). The number of hydrogen-bond acceptors (Lipinski definition) is 6. The van der Waals surface area contributed by atoms with Crippen LogP contribution in [0.5, 0.6) is 0 Å². The quantitative estimate of drug-likeness (QED) is 0.491. The van der Waals surface area contributed by atoms with Crippen molar-refractivity contribution in [2.24, 2.45) is 0 Å². The molecule has 31 heavy (non-hydrogen) atoms. The first-order valence-corrected chi connectivity index (χ1v) is 10.9. The Kier molecular flexibility index (Phi) is 7.16. The van der Waals surface area contributed by atoms with Crippen LogP contribution < -0.4 is 10.0 Å². The van der Waals surface area contributed by atoms with Crippen molar-refractivity contribution in [2.75, 3.05) is 11.9 Å². The fraction of sp³-hybridized carbons (Fsp3) is 0.190. The Morgan fingerprint density at radius 3 is 2.39 bits per heavy atom. The normalized spacial score (nSPS) is 11.1. The molecule has 0 fully saturated rings. The summed E-state index contributed by atoms with van der Waals surface area (Å²) in [6, 6.07) is 14.9. The summed E-state index contributed by atoms with van der Waals surface area (Å²) in [4.78, 5) is 23.0. The molecule has 0 aliphatic heterocycles. The molecular weight excluding hydrogens is 420 g/mol. The third kappa shape index (κ3) is 6.49. The van der Waals surface area contributed by atoms with Gasteiger partial charge in [0.05, 0.1) is 17.0 Å². The van der Waals surface area contributed by atoms with Gasteiger partial charge in [0.25, 0.3) is 0 Å². The van der Waals surface area contributed by atoms with Crippen molar-refractivity contribution in [2.45, 2.75) is 24.8 Å². The number of hydrogen-bond donors (Lipinski definition) is 2. The lowest BCUT2D eigenvalue weighted by molar-refractivity contribution is -0.144. The highest BCUT2D eigenvalue weighted by atomic mass is 32.2. The van der Waals surface area contributed by atoms with Gasteiger partial charge in [-0.3, -0.25) is 9.59 Å².